The van der Waals surface area contributed by atoms with Gasteiger partial charge in [0, 0.05) is 0 Å². The first kappa shape index (κ1) is 11.3. The third kappa shape index (κ3) is 2.50. The molecule has 0 aromatic heterocycles. The maximum absolute atomic E-state index is 11.0. The molecule has 0 heterocycles. The minimum Gasteiger partial charge on any atom is -0.197 e. The highest BCUT2D eigenvalue weighted by Gasteiger charge is 2.08. The first-order valence-corrected chi connectivity index (χ1v) is 5.47. The molecule has 0 saturated carbocycles. The van der Waals surface area contributed by atoms with Crippen LogP contribution in [0.2, 0.25) is 0 Å². The van der Waals surface area contributed by atoms with Gasteiger partial charge in [-0.1, -0.05) is 35.4 Å². The molecule has 3 nitrogen and oxygen atoms in total. The molecule has 2 aromatic rings. The van der Waals surface area contributed by atoms with Crippen molar-refractivity contribution in [2.24, 2.45) is 5.29 Å². The Morgan fingerprint density at radius 2 is 1.12 bits per heavy atom. The zero-order valence-corrected chi connectivity index (χ0v) is 9.92. The fraction of sp³-hybridized carbons (Fsp3) is 0.143. The number of hydrogen-bond acceptors (Lipinski definition) is 2. The van der Waals surface area contributed by atoms with Gasteiger partial charge in [-0.25, -0.2) is 0 Å². The van der Waals surface area contributed by atoms with Crippen molar-refractivity contribution < 1.29 is 0 Å². The van der Waals surface area contributed by atoms with Crippen LogP contribution >= 0.6 is 0 Å². The van der Waals surface area contributed by atoms with Crippen LogP contribution < -0.4 is 5.01 Å². The van der Waals surface area contributed by atoms with E-state index in [4.69, 9.17) is 0 Å². The Balaban J connectivity index is 2.36. The van der Waals surface area contributed by atoms with Gasteiger partial charge in [0.15, 0.2) is 0 Å². The standard InChI is InChI=1S/C14H14N2O/c1-11-3-7-13(8-4-11)16(15-17)14-9-5-12(2)6-10-14/h3-10H,1-2H3. The number of aryl methyl sites for hydroxylation is 2. The smallest absolute Gasteiger partial charge is 0.0685 e. The molecule has 0 N–H and O–H groups in total. The van der Waals surface area contributed by atoms with Crippen molar-refractivity contribution in [1.29, 1.82) is 0 Å². The minimum atomic E-state index is 0.773. The average molecular weight is 226 g/mol. The van der Waals surface area contributed by atoms with E-state index >= 15 is 0 Å². The molecule has 86 valence electrons. The lowest BCUT2D eigenvalue weighted by Crippen LogP contribution is -2.07. The third-order valence-corrected chi connectivity index (χ3v) is 2.64. The van der Waals surface area contributed by atoms with Crippen LogP contribution in [-0.2, 0) is 0 Å². The Morgan fingerprint density at radius 3 is 1.41 bits per heavy atom. The summed E-state index contributed by atoms with van der Waals surface area (Å²) in [5.74, 6) is 0. The second-order valence-electron chi connectivity index (χ2n) is 4.06. The Labute approximate surface area is 101 Å². The summed E-state index contributed by atoms with van der Waals surface area (Å²) in [5.41, 5.74) is 3.86. The summed E-state index contributed by atoms with van der Waals surface area (Å²) in [6.45, 7) is 4.02. The fourth-order valence-corrected chi connectivity index (χ4v) is 1.62. The van der Waals surface area contributed by atoms with Crippen LogP contribution in [0.5, 0.6) is 0 Å². The maximum Gasteiger partial charge on any atom is 0.0685 e. The number of nitroso groups, excluding NO2 is 1. The van der Waals surface area contributed by atoms with Crippen LogP contribution in [0.4, 0.5) is 11.4 Å². The van der Waals surface area contributed by atoms with Crippen molar-refractivity contribution >= 4 is 11.4 Å². The maximum atomic E-state index is 11.0. The van der Waals surface area contributed by atoms with Crippen LogP contribution in [0.3, 0.4) is 0 Å². The SMILES string of the molecule is Cc1ccc(N(N=O)c2ccc(C)cc2)cc1. The molecule has 17 heavy (non-hydrogen) atoms. The molecule has 0 aliphatic carbocycles. The van der Waals surface area contributed by atoms with Gasteiger partial charge < -0.3 is 0 Å². The van der Waals surface area contributed by atoms with Crippen molar-refractivity contribution in [2.45, 2.75) is 13.8 Å². The van der Waals surface area contributed by atoms with Gasteiger partial charge in [-0.15, -0.1) is 4.91 Å². The average Bonchev–Trinajstić information content (AvgIpc) is 2.35. The van der Waals surface area contributed by atoms with E-state index in [9.17, 15) is 4.91 Å². The van der Waals surface area contributed by atoms with Gasteiger partial charge in [0.25, 0.3) is 0 Å². The first-order valence-electron chi connectivity index (χ1n) is 5.47. The molecule has 0 saturated heterocycles. The number of anilines is 2. The van der Waals surface area contributed by atoms with Gasteiger partial charge in [-0.05, 0) is 38.1 Å². The minimum absolute atomic E-state index is 0.773. The number of hydrogen-bond donors (Lipinski definition) is 0. The van der Waals surface area contributed by atoms with Crippen molar-refractivity contribution in [1.82, 2.24) is 0 Å². The van der Waals surface area contributed by atoms with E-state index in [-0.39, 0.29) is 0 Å². The topological polar surface area (TPSA) is 32.7 Å². The Bertz CT molecular complexity index is 457. The van der Waals surface area contributed by atoms with Gasteiger partial charge in [0.2, 0.25) is 0 Å². The molecule has 0 atom stereocenters. The summed E-state index contributed by atoms with van der Waals surface area (Å²) in [6.07, 6.45) is 0. The molecule has 3 heteroatoms. The molecule has 2 aromatic carbocycles. The predicted molar refractivity (Wildman–Crippen MR) is 70.3 cm³/mol. The summed E-state index contributed by atoms with van der Waals surface area (Å²) in [7, 11) is 0. The second-order valence-corrected chi connectivity index (χ2v) is 4.06. The highest BCUT2D eigenvalue weighted by molar-refractivity contribution is 5.62. The number of nitrogens with zero attached hydrogens (tertiary/aromatic N) is 2. The van der Waals surface area contributed by atoms with E-state index in [1.54, 1.807) is 0 Å². The largest absolute Gasteiger partial charge is 0.197 e. The second kappa shape index (κ2) is 4.78. The van der Waals surface area contributed by atoms with Crippen molar-refractivity contribution in [3.05, 3.63) is 64.6 Å². The van der Waals surface area contributed by atoms with E-state index in [0.717, 1.165) is 22.5 Å². The van der Waals surface area contributed by atoms with Crippen LogP contribution in [0.1, 0.15) is 11.1 Å². The first-order chi connectivity index (χ1) is 8.20. The monoisotopic (exact) mass is 226 g/mol. The van der Waals surface area contributed by atoms with E-state index in [0.29, 0.717) is 0 Å². The summed E-state index contributed by atoms with van der Waals surface area (Å²) < 4.78 is 0. The summed E-state index contributed by atoms with van der Waals surface area (Å²) >= 11 is 0. The van der Waals surface area contributed by atoms with Crippen LogP contribution in [0.15, 0.2) is 53.8 Å². The summed E-state index contributed by atoms with van der Waals surface area (Å²) in [6, 6.07) is 15.4. The zero-order valence-electron chi connectivity index (χ0n) is 9.92. The lowest BCUT2D eigenvalue weighted by atomic mass is 10.2. The Hall–Kier alpha value is -2.16. The van der Waals surface area contributed by atoms with Gasteiger partial charge >= 0.3 is 0 Å². The molecule has 0 aliphatic heterocycles. The number of rotatable bonds is 3. The molecule has 0 fully saturated rings. The highest BCUT2D eigenvalue weighted by Crippen LogP contribution is 2.26. The molecule has 0 radical (unpaired) electrons. The highest BCUT2D eigenvalue weighted by atomic mass is 16.3. The zero-order chi connectivity index (χ0) is 12.3. The third-order valence-electron chi connectivity index (χ3n) is 2.64. The molecule has 0 spiro atoms. The van der Waals surface area contributed by atoms with E-state index in [2.05, 4.69) is 5.29 Å². The summed E-state index contributed by atoms with van der Waals surface area (Å²) in [4.78, 5) is 11.0. The molecule has 0 bridgehead atoms. The van der Waals surface area contributed by atoms with Crippen molar-refractivity contribution in [3.8, 4) is 0 Å². The Morgan fingerprint density at radius 1 is 0.765 bits per heavy atom. The van der Waals surface area contributed by atoms with Crippen LogP contribution in [0, 0.1) is 18.8 Å². The lowest BCUT2D eigenvalue weighted by Gasteiger charge is -2.15. The van der Waals surface area contributed by atoms with Gasteiger partial charge in [-0.2, -0.15) is 5.01 Å². The fourth-order valence-electron chi connectivity index (χ4n) is 1.62. The molecule has 0 aliphatic rings. The molecule has 0 amide bonds. The molecular formula is C14H14N2O. The van der Waals surface area contributed by atoms with Crippen molar-refractivity contribution in [3.63, 3.8) is 0 Å². The molecule has 2 rings (SSSR count). The van der Waals surface area contributed by atoms with Gasteiger partial charge in [-0.3, -0.25) is 0 Å². The van der Waals surface area contributed by atoms with Crippen LogP contribution in [-0.4, -0.2) is 0 Å². The van der Waals surface area contributed by atoms with Gasteiger partial charge in [0.1, 0.15) is 0 Å². The summed E-state index contributed by atoms with van der Waals surface area (Å²) in [5, 5.41) is 4.46. The molecular weight excluding hydrogens is 212 g/mol. The molecule has 0 unspecified atom stereocenters. The van der Waals surface area contributed by atoms with Gasteiger partial charge in [0.05, 0.1) is 16.7 Å². The van der Waals surface area contributed by atoms with E-state index < -0.39 is 0 Å². The number of benzene rings is 2. The predicted octanol–water partition coefficient (Wildman–Crippen LogP) is 4.12. The van der Waals surface area contributed by atoms with E-state index in [1.165, 1.54) is 5.01 Å². The normalized spacial score (nSPS) is 10.0. The Kier molecular flexibility index (Phi) is 3.19. The quantitative estimate of drug-likeness (QED) is 0.582. The lowest BCUT2D eigenvalue weighted by molar-refractivity contribution is 1.07. The van der Waals surface area contributed by atoms with Crippen LogP contribution in [0.25, 0.3) is 0 Å². The van der Waals surface area contributed by atoms with Crippen molar-refractivity contribution in [2.75, 3.05) is 5.01 Å². The van der Waals surface area contributed by atoms with E-state index in [1.807, 2.05) is 62.4 Å².